The van der Waals surface area contributed by atoms with E-state index in [4.69, 9.17) is 4.42 Å². The Bertz CT molecular complexity index is 2120. The van der Waals surface area contributed by atoms with Crippen molar-refractivity contribution in [3.8, 4) is 22.3 Å². The first kappa shape index (κ1) is 24.2. The Labute approximate surface area is 244 Å². The standard InChI is InChI=1S/C40H27NO/c1-4-12-28(13-5-1)29-20-22-31(23-21-29)36-26-37-35-25-24-30-14-10-11-19-34(30)40(35)42-39(37)27-38(36)41(32-15-6-2-7-16-32)33-17-8-3-9-18-33/h1-27H. The van der Waals surface area contributed by atoms with Crippen molar-refractivity contribution < 1.29 is 4.42 Å². The second kappa shape index (κ2) is 10.1. The van der Waals surface area contributed by atoms with Gasteiger partial charge in [0.25, 0.3) is 0 Å². The van der Waals surface area contributed by atoms with E-state index in [0.29, 0.717) is 0 Å². The number of anilines is 3. The quantitative estimate of drug-likeness (QED) is 0.217. The van der Waals surface area contributed by atoms with E-state index in [0.717, 1.165) is 55.5 Å². The highest BCUT2D eigenvalue weighted by atomic mass is 16.3. The van der Waals surface area contributed by atoms with Crippen molar-refractivity contribution in [2.75, 3.05) is 4.90 Å². The van der Waals surface area contributed by atoms with Crippen molar-refractivity contribution in [2.24, 2.45) is 0 Å². The highest BCUT2D eigenvalue weighted by molar-refractivity contribution is 6.16. The van der Waals surface area contributed by atoms with E-state index in [1.165, 1.54) is 16.5 Å². The third-order valence-electron chi connectivity index (χ3n) is 8.05. The van der Waals surface area contributed by atoms with Gasteiger partial charge in [-0.3, -0.25) is 0 Å². The summed E-state index contributed by atoms with van der Waals surface area (Å²) in [6, 6.07) is 57.9. The van der Waals surface area contributed by atoms with Crippen molar-refractivity contribution in [1.82, 2.24) is 0 Å². The number of furan rings is 1. The lowest BCUT2D eigenvalue weighted by atomic mass is 9.96. The number of rotatable bonds is 5. The average Bonchev–Trinajstić information content (AvgIpc) is 3.44. The van der Waals surface area contributed by atoms with Crippen LogP contribution in [0.5, 0.6) is 0 Å². The molecule has 0 unspecified atom stereocenters. The van der Waals surface area contributed by atoms with Crippen LogP contribution in [-0.4, -0.2) is 0 Å². The molecule has 0 aliphatic heterocycles. The Morgan fingerprint density at radius 2 is 0.976 bits per heavy atom. The Morgan fingerprint density at radius 3 is 1.67 bits per heavy atom. The number of hydrogen-bond donors (Lipinski definition) is 0. The normalized spacial score (nSPS) is 11.3. The monoisotopic (exact) mass is 537 g/mol. The maximum absolute atomic E-state index is 6.67. The van der Waals surface area contributed by atoms with Gasteiger partial charge in [-0.15, -0.1) is 0 Å². The Balaban J connectivity index is 1.41. The molecule has 0 aliphatic rings. The lowest BCUT2D eigenvalue weighted by Gasteiger charge is -2.28. The number of nitrogens with zero attached hydrogens (tertiary/aromatic N) is 1. The minimum atomic E-state index is 0.873. The molecule has 0 saturated carbocycles. The van der Waals surface area contributed by atoms with Crippen LogP contribution in [0.1, 0.15) is 0 Å². The molecule has 2 heteroatoms. The van der Waals surface area contributed by atoms with Gasteiger partial charge in [0.15, 0.2) is 0 Å². The van der Waals surface area contributed by atoms with E-state index in [1.54, 1.807) is 0 Å². The zero-order valence-electron chi connectivity index (χ0n) is 22.9. The third-order valence-corrected chi connectivity index (χ3v) is 8.05. The lowest BCUT2D eigenvalue weighted by molar-refractivity contribution is 0.673. The summed E-state index contributed by atoms with van der Waals surface area (Å²) in [7, 11) is 0. The molecule has 0 spiro atoms. The average molecular weight is 538 g/mol. The van der Waals surface area contributed by atoms with Crippen LogP contribution in [0.4, 0.5) is 17.1 Å². The number of fused-ring (bicyclic) bond motifs is 5. The predicted octanol–water partition coefficient (Wildman–Crippen LogP) is 11.5. The van der Waals surface area contributed by atoms with Crippen molar-refractivity contribution in [3.63, 3.8) is 0 Å². The summed E-state index contributed by atoms with van der Waals surface area (Å²) < 4.78 is 6.67. The molecule has 198 valence electrons. The lowest BCUT2D eigenvalue weighted by Crippen LogP contribution is -2.11. The minimum Gasteiger partial charge on any atom is -0.455 e. The molecule has 7 aromatic carbocycles. The summed E-state index contributed by atoms with van der Waals surface area (Å²) >= 11 is 0. The molecule has 0 N–H and O–H groups in total. The number of hydrogen-bond acceptors (Lipinski definition) is 2. The van der Waals surface area contributed by atoms with Crippen LogP contribution in [0.15, 0.2) is 168 Å². The second-order valence-electron chi connectivity index (χ2n) is 10.6. The highest BCUT2D eigenvalue weighted by Gasteiger charge is 2.21. The van der Waals surface area contributed by atoms with Crippen molar-refractivity contribution in [2.45, 2.75) is 0 Å². The molecule has 0 aliphatic carbocycles. The van der Waals surface area contributed by atoms with Gasteiger partial charge in [-0.25, -0.2) is 0 Å². The van der Waals surface area contributed by atoms with E-state index in [1.807, 2.05) is 0 Å². The van der Waals surface area contributed by atoms with Gasteiger partial charge in [0.1, 0.15) is 11.2 Å². The van der Waals surface area contributed by atoms with Crippen LogP contribution in [0.3, 0.4) is 0 Å². The summed E-state index contributed by atoms with van der Waals surface area (Å²) in [6.07, 6.45) is 0. The first-order chi connectivity index (χ1) is 20.8. The molecule has 1 aromatic heterocycles. The van der Waals surface area contributed by atoms with Gasteiger partial charge in [-0.1, -0.05) is 121 Å². The smallest absolute Gasteiger partial charge is 0.143 e. The van der Waals surface area contributed by atoms with Crippen LogP contribution in [-0.2, 0) is 0 Å². The summed E-state index contributed by atoms with van der Waals surface area (Å²) in [5.41, 5.74) is 9.75. The first-order valence-corrected chi connectivity index (χ1v) is 14.3. The van der Waals surface area contributed by atoms with Gasteiger partial charge < -0.3 is 9.32 Å². The van der Waals surface area contributed by atoms with Crippen LogP contribution < -0.4 is 4.90 Å². The fourth-order valence-corrected chi connectivity index (χ4v) is 6.01. The van der Waals surface area contributed by atoms with Gasteiger partial charge in [-0.05, 0) is 58.5 Å². The minimum absolute atomic E-state index is 0.873. The molecule has 0 saturated heterocycles. The SMILES string of the molecule is c1ccc(-c2ccc(-c3cc4c(cc3N(c3ccccc3)c3ccccc3)oc3c5ccccc5ccc43)cc2)cc1. The molecule has 8 aromatic rings. The molecule has 8 rings (SSSR count). The maximum Gasteiger partial charge on any atom is 0.143 e. The van der Waals surface area contributed by atoms with Crippen LogP contribution >= 0.6 is 0 Å². The highest BCUT2D eigenvalue weighted by Crippen LogP contribution is 2.45. The summed E-state index contributed by atoms with van der Waals surface area (Å²) in [5.74, 6) is 0. The van der Waals surface area contributed by atoms with E-state index in [-0.39, 0.29) is 0 Å². The Hall–Kier alpha value is -5.60. The van der Waals surface area contributed by atoms with E-state index in [2.05, 4.69) is 169 Å². The molecular weight excluding hydrogens is 510 g/mol. The Morgan fingerprint density at radius 1 is 0.405 bits per heavy atom. The zero-order chi connectivity index (χ0) is 27.9. The zero-order valence-corrected chi connectivity index (χ0v) is 22.9. The fraction of sp³-hybridized carbons (Fsp3) is 0. The van der Waals surface area contributed by atoms with Crippen molar-refractivity contribution in [3.05, 3.63) is 164 Å². The molecular formula is C40H27NO. The van der Waals surface area contributed by atoms with Gasteiger partial charge in [0.05, 0.1) is 5.69 Å². The Kier molecular flexibility index (Phi) is 5.82. The molecule has 2 nitrogen and oxygen atoms in total. The molecule has 0 bridgehead atoms. The molecule has 0 fully saturated rings. The molecule has 1 heterocycles. The first-order valence-electron chi connectivity index (χ1n) is 14.3. The fourth-order valence-electron chi connectivity index (χ4n) is 6.01. The molecule has 42 heavy (non-hydrogen) atoms. The van der Waals surface area contributed by atoms with Crippen molar-refractivity contribution >= 4 is 49.8 Å². The number of para-hydroxylation sites is 2. The summed E-state index contributed by atoms with van der Waals surface area (Å²) in [4.78, 5) is 2.32. The van der Waals surface area contributed by atoms with E-state index >= 15 is 0 Å². The largest absolute Gasteiger partial charge is 0.455 e. The van der Waals surface area contributed by atoms with E-state index in [9.17, 15) is 0 Å². The van der Waals surface area contributed by atoms with Crippen molar-refractivity contribution in [1.29, 1.82) is 0 Å². The van der Waals surface area contributed by atoms with Crippen LogP contribution in [0.2, 0.25) is 0 Å². The maximum atomic E-state index is 6.67. The topological polar surface area (TPSA) is 16.4 Å². The van der Waals surface area contributed by atoms with Crippen LogP contribution in [0.25, 0.3) is 55.0 Å². The molecule has 0 radical (unpaired) electrons. The summed E-state index contributed by atoms with van der Waals surface area (Å²) in [6.45, 7) is 0. The van der Waals surface area contributed by atoms with Gasteiger partial charge in [0.2, 0.25) is 0 Å². The van der Waals surface area contributed by atoms with Crippen LogP contribution in [0, 0.1) is 0 Å². The second-order valence-corrected chi connectivity index (χ2v) is 10.6. The van der Waals surface area contributed by atoms with Gasteiger partial charge >= 0.3 is 0 Å². The summed E-state index contributed by atoms with van der Waals surface area (Å²) in [5, 5.41) is 4.55. The number of benzene rings is 7. The molecule has 0 amide bonds. The van der Waals surface area contributed by atoms with Gasteiger partial charge in [0, 0.05) is 39.2 Å². The molecule has 0 atom stereocenters. The van der Waals surface area contributed by atoms with Gasteiger partial charge in [-0.2, -0.15) is 0 Å². The van der Waals surface area contributed by atoms with E-state index < -0.39 is 0 Å². The third kappa shape index (κ3) is 4.13. The predicted molar refractivity (Wildman–Crippen MR) is 177 cm³/mol.